The number of amidine groups is 1. The highest BCUT2D eigenvalue weighted by Crippen LogP contribution is 2.15. The van der Waals surface area contributed by atoms with Gasteiger partial charge in [0.1, 0.15) is 11.7 Å². The number of halogens is 1. The predicted molar refractivity (Wildman–Crippen MR) is 70.2 cm³/mol. The van der Waals surface area contributed by atoms with Crippen LogP contribution >= 0.6 is 11.3 Å². The van der Waals surface area contributed by atoms with Crippen LogP contribution in [0.3, 0.4) is 0 Å². The van der Waals surface area contributed by atoms with Crippen LogP contribution in [0.25, 0.3) is 0 Å². The molecule has 1 aromatic carbocycles. The molecular weight excluding hydrogens is 251 g/mol. The van der Waals surface area contributed by atoms with E-state index in [-0.39, 0.29) is 5.84 Å². The smallest absolute Gasteiger partial charge is 0.123 e. The van der Waals surface area contributed by atoms with Gasteiger partial charge in [-0.3, -0.25) is 5.41 Å². The van der Waals surface area contributed by atoms with Crippen LogP contribution in [0.1, 0.15) is 16.0 Å². The zero-order valence-corrected chi connectivity index (χ0v) is 10.5. The van der Waals surface area contributed by atoms with E-state index in [1.54, 1.807) is 17.4 Å². The molecule has 0 amide bonds. The summed E-state index contributed by atoms with van der Waals surface area (Å²) in [5.74, 6) is -0.550. The van der Waals surface area contributed by atoms with Gasteiger partial charge in [0, 0.05) is 10.4 Å². The van der Waals surface area contributed by atoms with Gasteiger partial charge in [-0.25, -0.2) is 4.39 Å². The molecule has 5 heteroatoms. The van der Waals surface area contributed by atoms with Gasteiger partial charge in [0.15, 0.2) is 0 Å². The molecule has 1 aromatic heterocycles. The lowest BCUT2D eigenvalue weighted by Crippen LogP contribution is -2.14. The number of hydrogen-bond donors (Lipinski definition) is 2. The molecule has 2 aromatic rings. The van der Waals surface area contributed by atoms with Crippen molar-refractivity contribution in [2.24, 2.45) is 5.73 Å². The van der Waals surface area contributed by atoms with Gasteiger partial charge in [0.25, 0.3) is 0 Å². The fourth-order valence-electron chi connectivity index (χ4n) is 1.58. The average molecular weight is 264 g/mol. The van der Waals surface area contributed by atoms with E-state index in [1.165, 1.54) is 12.1 Å². The largest absolute Gasteiger partial charge is 0.384 e. The van der Waals surface area contributed by atoms with Crippen LogP contribution in [-0.4, -0.2) is 5.84 Å². The first-order valence-corrected chi connectivity index (χ1v) is 6.27. The molecule has 3 nitrogen and oxygen atoms in total. The molecule has 1 heterocycles. The zero-order chi connectivity index (χ0) is 13.0. The third kappa shape index (κ3) is 3.15. The minimum absolute atomic E-state index is 0.149. The molecule has 0 aliphatic heterocycles. The summed E-state index contributed by atoms with van der Waals surface area (Å²) in [7, 11) is 0. The van der Waals surface area contributed by atoms with E-state index in [0.29, 0.717) is 18.8 Å². The lowest BCUT2D eigenvalue weighted by Gasteiger charge is -2.08. The summed E-state index contributed by atoms with van der Waals surface area (Å²) in [6.45, 7) is 0.819. The first-order valence-electron chi connectivity index (χ1n) is 5.40. The summed E-state index contributed by atoms with van der Waals surface area (Å²) in [5.41, 5.74) is 6.53. The molecular formula is C13H13FN2OS. The first-order chi connectivity index (χ1) is 8.66. The Kier molecular flexibility index (Phi) is 4.07. The second kappa shape index (κ2) is 5.75. The number of benzene rings is 1. The highest BCUT2D eigenvalue weighted by molar-refractivity contribution is 7.09. The number of nitrogens with two attached hydrogens (primary N) is 1. The highest BCUT2D eigenvalue weighted by Gasteiger charge is 2.07. The molecule has 2 rings (SSSR count). The van der Waals surface area contributed by atoms with Crippen molar-refractivity contribution in [2.45, 2.75) is 13.2 Å². The molecule has 0 fully saturated rings. The number of rotatable bonds is 5. The molecule has 0 saturated heterocycles. The van der Waals surface area contributed by atoms with Crippen LogP contribution in [0.15, 0.2) is 35.7 Å². The van der Waals surface area contributed by atoms with Crippen LogP contribution in [-0.2, 0) is 18.0 Å². The van der Waals surface area contributed by atoms with E-state index < -0.39 is 5.82 Å². The Morgan fingerprint density at radius 2 is 2.17 bits per heavy atom. The topological polar surface area (TPSA) is 59.1 Å². The van der Waals surface area contributed by atoms with Gasteiger partial charge in [-0.2, -0.15) is 0 Å². The maximum Gasteiger partial charge on any atom is 0.123 e. The number of thiophene rings is 1. The van der Waals surface area contributed by atoms with Gasteiger partial charge in [-0.05, 0) is 29.1 Å². The van der Waals surface area contributed by atoms with Crippen LogP contribution in [0.5, 0.6) is 0 Å². The molecule has 18 heavy (non-hydrogen) atoms. The summed E-state index contributed by atoms with van der Waals surface area (Å²) in [5, 5.41) is 9.39. The normalized spacial score (nSPS) is 10.5. The molecule has 0 radical (unpaired) electrons. The first kappa shape index (κ1) is 12.7. The maximum absolute atomic E-state index is 13.1. The molecule has 0 spiro atoms. The minimum atomic E-state index is -0.401. The van der Waals surface area contributed by atoms with E-state index in [0.717, 1.165) is 10.4 Å². The second-order valence-corrected chi connectivity index (χ2v) is 4.82. The lowest BCUT2D eigenvalue weighted by molar-refractivity contribution is 0.109. The van der Waals surface area contributed by atoms with Gasteiger partial charge in [0.05, 0.1) is 13.2 Å². The second-order valence-electron chi connectivity index (χ2n) is 3.79. The summed E-state index contributed by atoms with van der Waals surface area (Å²) >= 11 is 1.62. The van der Waals surface area contributed by atoms with Gasteiger partial charge in [-0.15, -0.1) is 11.3 Å². The summed E-state index contributed by atoms with van der Waals surface area (Å²) in [4.78, 5) is 1.13. The fourth-order valence-corrected chi connectivity index (χ4v) is 2.22. The van der Waals surface area contributed by atoms with E-state index in [4.69, 9.17) is 15.9 Å². The molecule has 0 bridgehead atoms. The molecule has 0 unspecified atom stereocenters. The Hall–Kier alpha value is -1.72. The van der Waals surface area contributed by atoms with Crippen molar-refractivity contribution >= 4 is 17.2 Å². The Morgan fingerprint density at radius 3 is 2.83 bits per heavy atom. The predicted octanol–water partition coefficient (Wildman–Crippen LogP) is 2.89. The Bertz CT molecular complexity index is 540. The molecule has 0 aliphatic rings. The molecule has 94 valence electrons. The van der Waals surface area contributed by atoms with E-state index in [9.17, 15) is 4.39 Å². The van der Waals surface area contributed by atoms with Gasteiger partial charge >= 0.3 is 0 Å². The molecule has 0 atom stereocenters. The summed E-state index contributed by atoms with van der Waals surface area (Å²) in [6.07, 6.45) is 0. The Balaban J connectivity index is 2.02. The molecule has 0 saturated carbocycles. The standard InChI is InChI=1S/C13H13FN2OS/c14-10-4-3-9(12(6-10)13(15)16)7-17-8-11-2-1-5-18-11/h1-6H,7-8H2,(H3,15,16). The van der Waals surface area contributed by atoms with Crippen molar-refractivity contribution in [1.82, 2.24) is 0 Å². The monoisotopic (exact) mass is 264 g/mol. The highest BCUT2D eigenvalue weighted by atomic mass is 32.1. The van der Waals surface area contributed by atoms with Gasteiger partial charge in [0.2, 0.25) is 0 Å². The fraction of sp³-hybridized carbons (Fsp3) is 0.154. The molecule has 0 aliphatic carbocycles. The van der Waals surface area contributed by atoms with Gasteiger partial charge < -0.3 is 10.5 Å². The average Bonchev–Trinajstić information content (AvgIpc) is 2.84. The van der Waals surface area contributed by atoms with Gasteiger partial charge in [-0.1, -0.05) is 12.1 Å². The van der Waals surface area contributed by atoms with Crippen LogP contribution < -0.4 is 5.73 Å². The SMILES string of the molecule is N=C(N)c1cc(F)ccc1COCc1cccs1. The minimum Gasteiger partial charge on any atom is -0.384 e. The van der Waals surface area contributed by atoms with E-state index in [1.807, 2.05) is 17.5 Å². The van der Waals surface area contributed by atoms with Crippen LogP contribution in [0.4, 0.5) is 4.39 Å². The van der Waals surface area contributed by atoms with Crippen molar-refractivity contribution in [1.29, 1.82) is 5.41 Å². The van der Waals surface area contributed by atoms with Crippen molar-refractivity contribution in [3.8, 4) is 0 Å². The number of hydrogen-bond acceptors (Lipinski definition) is 3. The maximum atomic E-state index is 13.1. The lowest BCUT2D eigenvalue weighted by atomic mass is 10.1. The summed E-state index contributed by atoms with van der Waals surface area (Å²) < 4.78 is 18.6. The van der Waals surface area contributed by atoms with E-state index >= 15 is 0 Å². The Morgan fingerprint density at radius 1 is 1.33 bits per heavy atom. The number of nitrogens with one attached hydrogen (secondary N) is 1. The third-order valence-electron chi connectivity index (χ3n) is 2.44. The Labute approximate surface area is 109 Å². The van der Waals surface area contributed by atoms with Crippen molar-refractivity contribution in [3.05, 3.63) is 57.5 Å². The van der Waals surface area contributed by atoms with Crippen molar-refractivity contribution in [3.63, 3.8) is 0 Å². The van der Waals surface area contributed by atoms with Crippen LogP contribution in [0, 0.1) is 11.2 Å². The van der Waals surface area contributed by atoms with Crippen molar-refractivity contribution in [2.75, 3.05) is 0 Å². The zero-order valence-electron chi connectivity index (χ0n) is 9.65. The van der Waals surface area contributed by atoms with Crippen LogP contribution in [0.2, 0.25) is 0 Å². The summed E-state index contributed by atoms with van der Waals surface area (Å²) in [6, 6.07) is 8.15. The number of ether oxygens (including phenoxy) is 1. The van der Waals surface area contributed by atoms with E-state index in [2.05, 4.69) is 0 Å². The quantitative estimate of drug-likeness (QED) is 0.644. The third-order valence-corrected chi connectivity index (χ3v) is 3.29. The van der Waals surface area contributed by atoms with Crippen molar-refractivity contribution < 1.29 is 9.13 Å². The molecule has 3 N–H and O–H groups in total. The number of nitrogen functional groups attached to an aromatic ring is 1.